The van der Waals surface area contributed by atoms with Crippen molar-refractivity contribution in [3.05, 3.63) is 59.7 Å². The Balaban J connectivity index is 1.70. The van der Waals surface area contributed by atoms with Gasteiger partial charge in [-0.05, 0) is 34.6 Å². The minimum absolute atomic E-state index is 0.00571. The summed E-state index contributed by atoms with van der Waals surface area (Å²) in [6.45, 7) is 3.73. The van der Waals surface area contributed by atoms with E-state index in [2.05, 4.69) is 5.32 Å². The SMILES string of the molecule is CC(C)C[C@H](NC(=O)OCC1c2ccccc2-c2ccccc21)C(=O)C(O)C(=O)O. The maximum atomic E-state index is 12.4. The van der Waals surface area contributed by atoms with Crippen LogP contribution in [0.4, 0.5) is 4.79 Å². The van der Waals surface area contributed by atoms with E-state index in [1.165, 1.54) is 0 Å². The van der Waals surface area contributed by atoms with Crippen molar-refractivity contribution in [2.75, 3.05) is 6.61 Å². The molecule has 7 heteroatoms. The summed E-state index contributed by atoms with van der Waals surface area (Å²) in [6, 6.07) is 14.7. The summed E-state index contributed by atoms with van der Waals surface area (Å²) in [7, 11) is 0. The number of Topliss-reactive ketones (excluding diaryl/α,β-unsaturated/α-hetero) is 1. The molecule has 1 amide bonds. The van der Waals surface area contributed by atoms with E-state index in [1.807, 2.05) is 62.4 Å². The highest BCUT2D eigenvalue weighted by atomic mass is 16.5. The molecule has 0 heterocycles. The lowest BCUT2D eigenvalue weighted by atomic mass is 9.97. The number of amides is 1. The first kappa shape index (κ1) is 21.5. The summed E-state index contributed by atoms with van der Waals surface area (Å²) in [5.41, 5.74) is 4.31. The van der Waals surface area contributed by atoms with E-state index < -0.39 is 30.0 Å². The second-order valence-corrected chi connectivity index (χ2v) is 7.80. The van der Waals surface area contributed by atoms with E-state index in [-0.39, 0.29) is 24.9 Å². The van der Waals surface area contributed by atoms with Crippen LogP contribution in [0.15, 0.2) is 48.5 Å². The Kier molecular flexibility index (Phi) is 6.52. The lowest BCUT2D eigenvalue weighted by Gasteiger charge is -2.21. The molecule has 0 aliphatic heterocycles. The minimum Gasteiger partial charge on any atom is -0.479 e. The number of aliphatic carboxylic acids is 1. The summed E-state index contributed by atoms with van der Waals surface area (Å²) >= 11 is 0. The topological polar surface area (TPSA) is 113 Å². The fraction of sp³-hybridized carbons (Fsp3) is 0.348. The Morgan fingerprint density at radius 2 is 1.53 bits per heavy atom. The summed E-state index contributed by atoms with van der Waals surface area (Å²) in [6.07, 6.45) is -2.83. The number of carbonyl (C=O) groups excluding carboxylic acids is 2. The zero-order valence-corrected chi connectivity index (χ0v) is 16.9. The van der Waals surface area contributed by atoms with Crippen molar-refractivity contribution in [2.24, 2.45) is 5.92 Å². The molecule has 0 aromatic heterocycles. The standard InChI is InChI=1S/C23H25NO6/c1-13(2)11-19(20(25)21(26)22(27)28)24-23(29)30-12-18-16-9-5-3-7-14(16)15-8-4-6-10-17(15)18/h3-10,13,18-19,21,26H,11-12H2,1-2H3,(H,24,29)(H,27,28)/t19-,21?/m0/s1. The molecule has 2 atom stereocenters. The third-order valence-corrected chi connectivity index (χ3v) is 5.19. The van der Waals surface area contributed by atoms with Crippen LogP contribution in [0.1, 0.15) is 37.3 Å². The Morgan fingerprint density at radius 3 is 2.03 bits per heavy atom. The van der Waals surface area contributed by atoms with Crippen LogP contribution in [-0.2, 0) is 14.3 Å². The number of nitrogens with one attached hydrogen (secondary N) is 1. The van der Waals surface area contributed by atoms with Crippen LogP contribution >= 0.6 is 0 Å². The van der Waals surface area contributed by atoms with Crippen LogP contribution in [0.5, 0.6) is 0 Å². The number of ketones is 1. The average Bonchev–Trinajstić information content (AvgIpc) is 3.04. The number of ether oxygens (including phenoxy) is 1. The zero-order valence-electron chi connectivity index (χ0n) is 16.9. The third kappa shape index (κ3) is 4.52. The molecular weight excluding hydrogens is 386 g/mol. The molecule has 1 aliphatic rings. The van der Waals surface area contributed by atoms with E-state index in [0.717, 1.165) is 22.3 Å². The highest BCUT2D eigenvalue weighted by Gasteiger charge is 2.33. The number of alkyl carbamates (subject to hydrolysis) is 1. The Morgan fingerprint density at radius 1 is 1.00 bits per heavy atom. The van der Waals surface area contributed by atoms with Crippen LogP contribution in [0.25, 0.3) is 11.1 Å². The molecule has 158 valence electrons. The van der Waals surface area contributed by atoms with Gasteiger partial charge in [-0.15, -0.1) is 0 Å². The second-order valence-electron chi connectivity index (χ2n) is 7.80. The monoisotopic (exact) mass is 411 g/mol. The van der Waals surface area contributed by atoms with Gasteiger partial charge in [0.25, 0.3) is 0 Å². The normalized spacial score (nSPS) is 14.5. The Labute approximate surface area is 174 Å². The number of carboxylic acids is 1. The molecule has 0 bridgehead atoms. The number of fused-ring (bicyclic) bond motifs is 3. The number of rotatable bonds is 8. The lowest BCUT2D eigenvalue weighted by Crippen LogP contribution is -2.48. The molecule has 1 unspecified atom stereocenters. The smallest absolute Gasteiger partial charge is 0.407 e. The van der Waals surface area contributed by atoms with Gasteiger partial charge in [0.2, 0.25) is 6.10 Å². The first-order valence-electron chi connectivity index (χ1n) is 9.85. The lowest BCUT2D eigenvalue weighted by molar-refractivity contribution is -0.153. The van der Waals surface area contributed by atoms with Crippen molar-refractivity contribution in [3.63, 3.8) is 0 Å². The van der Waals surface area contributed by atoms with Gasteiger partial charge in [0.15, 0.2) is 5.78 Å². The maximum Gasteiger partial charge on any atom is 0.407 e. The first-order valence-corrected chi connectivity index (χ1v) is 9.85. The van der Waals surface area contributed by atoms with Gasteiger partial charge in [0.05, 0.1) is 6.04 Å². The molecule has 3 N–H and O–H groups in total. The second kappa shape index (κ2) is 9.09. The number of carbonyl (C=O) groups is 3. The molecule has 1 aliphatic carbocycles. The van der Waals surface area contributed by atoms with Crippen molar-refractivity contribution < 1.29 is 29.3 Å². The molecule has 0 fully saturated rings. The van der Waals surface area contributed by atoms with Gasteiger partial charge >= 0.3 is 12.1 Å². The van der Waals surface area contributed by atoms with Crippen molar-refractivity contribution in [3.8, 4) is 11.1 Å². The quantitative estimate of drug-likeness (QED) is 0.576. The fourth-order valence-electron chi connectivity index (χ4n) is 3.81. The van der Waals surface area contributed by atoms with E-state index in [4.69, 9.17) is 9.84 Å². The number of benzene rings is 2. The fourth-order valence-corrected chi connectivity index (χ4v) is 3.81. The molecule has 2 aromatic carbocycles. The van der Waals surface area contributed by atoms with Crippen LogP contribution in [-0.4, -0.2) is 46.8 Å². The Hall–Kier alpha value is -3.19. The first-order chi connectivity index (χ1) is 14.3. The number of hydrogen-bond donors (Lipinski definition) is 3. The molecule has 0 saturated heterocycles. The molecule has 0 radical (unpaired) electrons. The number of carboxylic acid groups (broad SMARTS) is 1. The summed E-state index contributed by atoms with van der Waals surface area (Å²) < 4.78 is 5.41. The predicted octanol–water partition coefficient (Wildman–Crippen LogP) is 2.95. The molecule has 30 heavy (non-hydrogen) atoms. The van der Waals surface area contributed by atoms with Gasteiger partial charge < -0.3 is 20.3 Å². The van der Waals surface area contributed by atoms with Gasteiger partial charge in [0, 0.05) is 5.92 Å². The number of aliphatic hydroxyl groups excluding tert-OH is 1. The van der Waals surface area contributed by atoms with Gasteiger partial charge in [0.1, 0.15) is 6.61 Å². The van der Waals surface area contributed by atoms with Gasteiger partial charge in [-0.2, -0.15) is 0 Å². The molecule has 0 saturated carbocycles. The zero-order chi connectivity index (χ0) is 21.8. The molecule has 7 nitrogen and oxygen atoms in total. The number of hydrogen-bond acceptors (Lipinski definition) is 5. The van der Waals surface area contributed by atoms with E-state index in [1.54, 1.807) is 0 Å². The molecule has 0 spiro atoms. The predicted molar refractivity (Wildman–Crippen MR) is 110 cm³/mol. The average molecular weight is 411 g/mol. The summed E-state index contributed by atoms with van der Waals surface area (Å²) in [4.78, 5) is 35.6. The van der Waals surface area contributed by atoms with Crippen molar-refractivity contribution in [1.29, 1.82) is 0 Å². The highest BCUT2D eigenvalue weighted by Crippen LogP contribution is 2.44. The Bertz CT molecular complexity index is 909. The van der Waals surface area contributed by atoms with Crippen LogP contribution in [0, 0.1) is 5.92 Å². The highest BCUT2D eigenvalue weighted by molar-refractivity contribution is 6.04. The molecule has 3 rings (SSSR count). The van der Waals surface area contributed by atoms with Crippen LogP contribution < -0.4 is 5.32 Å². The largest absolute Gasteiger partial charge is 0.479 e. The van der Waals surface area contributed by atoms with E-state index in [0.29, 0.717) is 0 Å². The van der Waals surface area contributed by atoms with Crippen molar-refractivity contribution >= 4 is 17.8 Å². The van der Waals surface area contributed by atoms with Crippen LogP contribution in [0.2, 0.25) is 0 Å². The maximum absolute atomic E-state index is 12.4. The van der Waals surface area contributed by atoms with Crippen molar-refractivity contribution in [1.82, 2.24) is 5.32 Å². The van der Waals surface area contributed by atoms with Crippen molar-refractivity contribution in [2.45, 2.75) is 38.3 Å². The van der Waals surface area contributed by atoms with E-state index in [9.17, 15) is 19.5 Å². The van der Waals surface area contributed by atoms with E-state index >= 15 is 0 Å². The third-order valence-electron chi connectivity index (χ3n) is 5.19. The van der Waals surface area contributed by atoms with Crippen LogP contribution in [0.3, 0.4) is 0 Å². The summed E-state index contributed by atoms with van der Waals surface area (Å²) in [5.74, 6) is -2.76. The van der Waals surface area contributed by atoms with Gasteiger partial charge in [-0.1, -0.05) is 62.4 Å². The molecule has 2 aromatic rings. The number of aliphatic hydroxyl groups is 1. The molecular formula is C23H25NO6. The summed E-state index contributed by atoms with van der Waals surface area (Å²) in [5, 5.41) is 20.9. The van der Waals surface area contributed by atoms with Gasteiger partial charge in [-0.25, -0.2) is 9.59 Å². The van der Waals surface area contributed by atoms with Gasteiger partial charge in [-0.3, -0.25) is 4.79 Å². The minimum atomic E-state index is -2.19.